The van der Waals surface area contributed by atoms with E-state index in [1.54, 1.807) is 33.7 Å². The molecular weight excluding hydrogens is 372 g/mol. The SMILES string of the molecule is O=C(c1ccc(C(=O)n2c3ccc2cc3)cc1)N(c1ccccc1)c1ccccc1. The monoisotopic (exact) mass is 390 g/mol. The van der Waals surface area contributed by atoms with Gasteiger partial charge in [-0.05, 0) is 72.8 Å². The standard InChI is InChI=1S/C26H18N2O2/c29-25(27(21-7-3-1-4-8-21)22-9-5-2-6-10-22)19-11-13-20(14-12-19)26(30)28-23-15-16-24(28)18-17-23/h1-18H. The number of benzene rings is 4. The summed E-state index contributed by atoms with van der Waals surface area (Å²) >= 11 is 0. The number of aromatic nitrogens is 1. The third-order valence-corrected chi connectivity index (χ3v) is 5.18. The van der Waals surface area contributed by atoms with Gasteiger partial charge in [0.2, 0.25) is 0 Å². The molecule has 2 bridgehead atoms. The summed E-state index contributed by atoms with van der Waals surface area (Å²) in [5, 5.41) is 0. The van der Waals surface area contributed by atoms with Gasteiger partial charge in [0, 0.05) is 33.5 Å². The van der Waals surface area contributed by atoms with E-state index in [4.69, 9.17) is 0 Å². The van der Waals surface area contributed by atoms with E-state index in [9.17, 15) is 9.59 Å². The minimum atomic E-state index is -0.153. The molecule has 2 aromatic heterocycles. The summed E-state index contributed by atoms with van der Waals surface area (Å²) in [7, 11) is 0. The molecule has 0 N–H and O–H groups in total. The maximum Gasteiger partial charge on any atom is 0.262 e. The van der Waals surface area contributed by atoms with Gasteiger partial charge in [0.1, 0.15) is 0 Å². The molecule has 0 fully saturated rings. The van der Waals surface area contributed by atoms with Crippen LogP contribution in [0.3, 0.4) is 0 Å². The quantitative estimate of drug-likeness (QED) is 0.392. The van der Waals surface area contributed by atoms with E-state index in [0.29, 0.717) is 11.1 Å². The van der Waals surface area contributed by atoms with E-state index in [1.165, 1.54) is 0 Å². The molecule has 0 spiro atoms. The van der Waals surface area contributed by atoms with Crippen LogP contribution in [0.4, 0.5) is 11.4 Å². The Morgan fingerprint density at radius 3 is 1.43 bits per heavy atom. The van der Waals surface area contributed by atoms with Crippen LogP contribution in [-0.4, -0.2) is 16.4 Å². The largest absolute Gasteiger partial charge is 0.277 e. The number of nitrogens with zero attached hydrogens (tertiary/aromatic N) is 2. The molecule has 4 heteroatoms. The number of anilines is 2. The van der Waals surface area contributed by atoms with Crippen LogP contribution in [0, 0.1) is 0 Å². The number of hydrogen-bond acceptors (Lipinski definition) is 2. The van der Waals surface area contributed by atoms with Crippen molar-refractivity contribution in [3.63, 3.8) is 0 Å². The smallest absolute Gasteiger partial charge is 0.262 e. The maximum absolute atomic E-state index is 13.4. The van der Waals surface area contributed by atoms with Crippen LogP contribution in [0.15, 0.2) is 109 Å². The Bertz CT molecular complexity index is 1220. The van der Waals surface area contributed by atoms with Crippen molar-refractivity contribution in [1.82, 2.24) is 4.57 Å². The third-order valence-electron chi connectivity index (χ3n) is 5.18. The molecule has 0 saturated heterocycles. The molecule has 0 radical (unpaired) electrons. The van der Waals surface area contributed by atoms with Crippen LogP contribution < -0.4 is 4.90 Å². The summed E-state index contributed by atoms with van der Waals surface area (Å²) in [5.41, 5.74) is 4.36. The maximum atomic E-state index is 13.4. The fourth-order valence-corrected chi connectivity index (χ4v) is 3.69. The van der Waals surface area contributed by atoms with Crippen molar-refractivity contribution in [2.24, 2.45) is 0 Å². The lowest BCUT2D eigenvalue weighted by molar-refractivity contribution is 0.0965. The normalized spacial score (nSPS) is 10.9. The van der Waals surface area contributed by atoms with E-state index >= 15 is 0 Å². The average Bonchev–Trinajstić information content (AvgIpc) is 3.41. The molecule has 3 aromatic carbocycles. The van der Waals surface area contributed by atoms with Crippen LogP contribution >= 0.6 is 0 Å². The van der Waals surface area contributed by atoms with Gasteiger partial charge < -0.3 is 0 Å². The van der Waals surface area contributed by atoms with E-state index in [2.05, 4.69) is 0 Å². The lowest BCUT2D eigenvalue weighted by Gasteiger charge is -2.23. The molecule has 0 atom stereocenters. The summed E-state index contributed by atoms with van der Waals surface area (Å²) in [4.78, 5) is 28.0. The summed E-state index contributed by atoms with van der Waals surface area (Å²) in [6.07, 6.45) is 0. The topological polar surface area (TPSA) is 42.3 Å². The first-order chi connectivity index (χ1) is 14.7. The number of fused-ring (bicyclic) bond motifs is 2. The van der Waals surface area contributed by atoms with Crippen molar-refractivity contribution in [1.29, 1.82) is 0 Å². The molecule has 5 aromatic rings. The van der Waals surface area contributed by atoms with Gasteiger partial charge in [-0.2, -0.15) is 0 Å². The number of carbonyl (C=O) groups excluding carboxylic acids is 2. The second-order valence-electron chi connectivity index (χ2n) is 7.05. The summed E-state index contributed by atoms with van der Waals surface area (Å²) in [6, 6.07) is 33.6. The summed E-state index contributed by atoms with van der Waals surface area (Å²) < 4.78 is 1.68. The predicted octanol–water partition coefficient (Wildman–Crippen LogP) is 5.75. The predicted molar refractivity (Wildman–Crippen MR) is 119 cm³/mol. The Balaban J connectivity index is 1.48. The van der Waals surface area contributed by atoms with Crippen LogP contribution in [0.1, 0.15) is 20.7 Å². The van der Waals surface area contributed by atoms with E-state index in [1.807, 2.05) is 84.9 Å². The fraction of sp³-hybridized carbons (Fsp3) is 0. The van der Waals surface area contributed by atoms with Gasteiger partial charge >= 0.3 is 0 Å². The molecule has 5 rings (SSSR count). The van der Waals surface area contributed by atoms with Crippen molar-refractivity contribution in [3.8, 4) is 0 Å². The zero-order valence-electron chi connectivity index (χ0n) is 16.1. The molecular formula is C26H18N2O2. The Morgan fingerprint density at radius 1 is 0.533 bits per heavy atom. The molecule has 4 nitrogen and oxygen atoms in total. The fourth-order valence-electron chi connectivity index (χ4n) is 3.69. The summed E-state index contributed by atoms with van der Waals surface area (Å²) in [5.74, 6) is -0.253. The van der Waals surface area contributed by atoms with Gasteiger partial charge in [-0.25, -0.2) is 0 Å². The second-order valence-corrected chi connectivity index (χ2v) is 7.05. The Morgan fingerprint density at radius 2 is 0.967 bits per heavy atom. The van der Waals surface area contributed by atoms with Crippen molar-refractivity contribution in [3.05, 3.63) is 120 Å². The molecule has 1 amide bonds. The minimum absolute atomic E-state index is 0.100. The van der Waals surface area contributed by atoms with E-state index in [-0.39, 0.29) is 11.8 Å². The zero-order valence-corrected chi connectivity index (χ0v) is 16.1. The van der Waals surface area contributed by atoms with Gasteiger partial charge in [0.05, 0.1) is 0 Å². The van der Waals surface area contributed by atoms with Crippen LogP contribution in [0.2, 0.25) is 0 Å². The Labute approximate surface area is 173 Å². The van der Waals surface area contributed by atoms with Gasteiger partial charge in [-0.1, -0.05) is 36.4 Å². The first-order valence-corrected chi connectivity index (χ1v) is 9.71. The van der Waals surface area contributed by atoms with Crippen LogP contribution in [0.5, 0.6) is 0 Å². The number of hydrogen-bond donors (Lipinski definition) is 0. The van der Waals surface area contributed by atoms with Gasteiger partial charge in [-0.15, -0.1) is 0 Å². The van der Waals surface area contributed by atoms with Gasteiger partial charge in [-0.3, -0.25) is 19.1 Å². The van der Waals surface area contributed by atoms with Gasteiger partial charge in [0.25, 0.3) is 11.8 Å². The van der Waals surface area contributed by atoms with Gasteiger partial charge in [0.15, 0.2) is 0 Å². The highest BCUT2D eigenvalue weighted by Gasteiger charge is 2.20. The van der Waals surface area contributed by atoms with E-state index < -0.39 is 0 Å². The van der Waals surface area contributed by atoms with Crippen molar-refractivity contribution in [2.75, 3.05) is 4.90 Å². The highest BCUT2D eigenvalue weighted by Crippen LogP contribution is 2.27. The van der Waals surface area contributed by atoms with Crippen molar-refractivity contribution < 1.29 is 9.59 Å². The lowest BCUT2D eigenvalue weighted by atomic mass is 10.1. The first kappa shape index (κ1) is 17.9. The highest BCUT2D eigenvalue weighted by atomic mass is 16.2. The zero-order chi connectivity index (χ0) is 20.5. The molecule has 0 aliphatic heterocycles. The molecule has 144 valence electrons. The first-order valence-electron chi connectivity index (χ1n) is 9.71. The van der Waals surface area contributed by atoms with Crippen LogP contribution in [-0.2, 0) is 0 Å². The molecule has 2 heterocycles. The molecule has 0 aliphatic carbocycles. The number of para-hydroxylation sites is 2. The molecule has 30 heavy (non-hydrogen) atoms. The second kappa shape index (κ2) is 7.33. The Hall–Kier alpha value is -4.18. The average molecular weight is 390 g/mol. The number of amides is 1. The van der Waals surface area contributed by atoms with Crippen molar-refractivity contribution in [2.45, 2.75) is 0 Å². The minimum Gasteiger partial charge on any atom is -0.277 e. The number of carbonyl (C=O) groups is 2. The Kier molecular flexibility index (Phi) is 4.37. The molecule has 0 saturated carbocycles. The third kappa shape index (κ3) is 3.05. The number of rotatable bonds is 4. The lowest BCUT2D eigenvalue weighted by Crippen LogP contribution is -2.26. The summed E-state index contributed by atoms with van der Waals surface area (Å²) in [6.45, 7) is 0. The van der Waals surface area contributed by atoms with E-state index in [0.717, 1.165) is 22.4 Å². The van der Waals surface area contributed by atoms with Crippen LogP contribution in [0.25, 0.3) is 11.0 Å². The molecule has 0 aliphatic rings. The van der Waals surface area contributed by atoms with Crippen molar-refractivity contribution >= 4 is 34.2 Å². The highest BCUT2D eigenvalue weighted by molar-refractivity contribution is 6.11. The molecule has 0 unspecified atom stereocenters.